The first-order chi connectivity index (χ1) is 13.6. The van der Waals surface area contributed by atoms with E-state index < -0.39 is 0 Å². The van der Waals surface area contributed by atoms with Gasteiger partial charge < -0.3 is 0 Å². The number of hydrogen-bond donors (Lipinski definition) is 0. The van der Waals surface area contributed by atoms with E-state index in [9.17, 15) is 0 Å². The van der Waals surface area contributed by atoms with Crippen LogP contribution in [0.3, 0.4) is 0 Å². The van der Waals surface area contributed by atoms with Crippen LogP contribution in [0.15, 0.2) is 85.0 Å². The lowest BCUT2D eigenvalue weighted by Gasteiger charge is -2.18. The second-order valence-electron chi connectivity index (χ2n) is 10.0. The van der Waals surface area contributed by atoms with E-state index in [1.54, 1.807) is 0 Å². The molecule has 0 saturated heterocycles. The predicted octanol–water partition coefficient (Wildman–Crippen LogP) is 9.43. The fourth-order valence-electron chi connectivity index (χ4n) is 2.53. The Labute approximate surface area is 187 Å². The van der Waals surface area contributed by atoms with E-state index in [4.69, 9.17) is 0 Å². The van der Waals surface area contributed by atoms with Crippen LogP contribution in [-0.4, -0.2) is 0 Å². The number of hydrogen-bond acceptors (Lipinski definition) is 0. The predicted molar refractivity (Wildman–Crippen MR) is 139 cm³/mol. The van der Waals surface area contributed by atoms with Crippen molar-refractivity contribution in [3.63, 3.8) is 0 Å². The van der Waals surface area contributed by atoms with E-state index in [1.165, 1.54) is 16.7 Å². The van der Waals surface area contributed by atoms with Crippen LogP contribution in [0, 0.1) is 5.41 Å². The summed E-state index contributed by atoms with van der Waals surface area (Å²) in [7, 11) is 0. The van der Waals surface area contributed by atoms with Crippen molar-refractivity contribution in [3.8, 4) is 0 Å². The molecule has 4 rings (SSSR count). The quantitative estimate of drug-likeness (QED) is 0.410. The first-order valence-electron chi connectivity index (χ1n) is 10.7. The molecule has 0 atom stereocenters. The van der Waals surface area contributed by atoms with Crippen molar-refractivity contribution in [1.82, 2.24) is 0 Å². The van der Waals surface area contributed by atoms with Crippen molar-refractivity contribution in [2.45, 2.75) is 74.1 Å². The minimum atomic E-state index is 0. The van der Waals surface area contributed by atoms with Gasteiger partial charge >= 0.3 is 0 Å². The summed E-state index contributed by atoms with van der Waals surface area (Å²) in [6.45, 7) is 15.4. The fraction of sp³-hybridized carbons (Fsp3) is 0.400. The molecule has 0 saturated carbocycles. The molecule has 30 heavy (non-hydrogen) atoms. The molecule has 0 aromatic heterocycles. The average molecular weight is 405 g/mol. The van der Waals surface area contributed by atoms with Gasteiger partial charge in [-0.05, 0) is 40.4 Å². The lowest BCUT2D eigenvalue weighted by molar-refractivity contribution is 0.469. The van der Waals surface area contributed by atoms with Crippen LogP contribution in [-0.2, 0) is 11.8 Å². The summed E-state index contributed by atoms with van der Waals surface area (Å²) in [4.78, 5) is 0. The molecular weight excluding hydrogens is 360 g/mol. The van der Waals surface area contributed by atoms with Crippen molar-refractivity contribution in [1.29, 1.82) is 0 Å². The molecule has 0 radical (unpaired) electrons. The van der Waals surface area contributed by atoms with Gasteiger partial charge in [0, 0.05) is 0 Å². The topological polar surface area (TPSA) is 0 Å². The molecule has 0 fully saturated rings. The Morgan fingerprint density at radius 2 is 1.13 bits per heavy atom. The SMILES string of the molecule is C.C1=CCC=C1.C1=Cc2ccccc2C1.CC(C)(C)C.CC(C)(C)c1ccccc1. The Balaban J connectivity index is 0.000000387. The van der Waals surface area contributed by atoms with Gasteiger partial charge in [0.1, 0.15) is 0 Å². The van der Waals surface area contributed by atoms with E-state index in [1.807, 2.05) is 0 Å². The van der Waals surface area contributed by atoms with E-state index in [2.05, 4.69) is 140 Å². The second-order valence-corrected chi connectivity index (χ2v) is 10.0. The van der Waals surface area contributed by atoms with Crippen LogP contribution in [0.2, 0.25) is 0 Å². The lowest BCUT2D eigenvalue weighted by atomic mass is 9.87. The normalized spacial score (nSPS) is 12.9. The Morgan fingerprint density at radius 1 is 0.633 bits per heavy atom. The average Bonchev–Trinajstić information content (AvgIpc) is 3.36. The minimum Gasteiger partial charge on any atom is -0.0808 e. The Bertz CT molecular complexity index is 759. The third-order valence-electron chi connectivity index (χ3n) is 3.99. The van der Waals surface area contributed by atoms with Gasteiger partial charge in [-0.2, -0.15) is 0 Å². The Hall–Kier alpha value is -2.34. The number of allylic oxidation sites excluding steroid dienone is 5. The standard InChI is InChI=1S/C10H14.C9H8.C5H6.C5H12.CH4/c1-10(2,3)9-7-5-4-6-8-9;1-2-5-9-7-3-6-8(9)4-1;1-2-4-5-3-1;1-5(2,3)4;/h4-8H,1-3H3;1-6H,7H2;1-4H,5H2;1-4H3;1H4. The molecule has 2 aromatic rings. The molecule has 0 N–H and O–H groups in total. The van der Waals surface area contributed by atoms with Crippen LogP contribution < -0.4 is 0 Å². The van der Waals surface area contributed by atoms with Crippen molar-refractivity contribution in [2.24, 2.45) is 5.41 Å². The van der Waals surface area contributed by atoms with Gasteiger partial charge in [0.05, 0.1) is 0 Å². The monoisotopic (exact) mass is 404 g/mol. The van der Waals surface area contributed by atoms with Crippen LogP contribution in [0.25, 0.3) is 6.08 Å². The molecule has 0 nitrogen and oxygen atoms in total. The highest BCUT2D eigenvalue weighted by Gasteiger charge is 2.11. The number of fused-ring (bicyclic) bond motifs is 1. The summed E-state index contributed by atoms with van der Waals surface area (Å²) in [5, 5.41) is 0. The van der Waals surface area contributed by atoms with Gasteiger partial charge in [-0.25, -0.2) is 0 Å². The van der Waals surface area contributed by atoms with E-state index in [0.29, 0.717) is 10.8 Å². The first kappa shape index (κ1) is 27.7. The maximum Gasteiger partial charge on any atom is -0.00882 e. The zero-order valence-electron chi connectivity index (χ0n) is 19.6. The summed E-state index contributed by atoms with van der Waals surface area (Å²) in [5.74, 6) is 0. The van der Waals surface area contributed by atoms with Gasteiger partial charge in [-0.15, -0.1) is 0 Å². The minimum absolute atomic E-state index is 0. The number of benzene rings is 2. The maximum absolute atomic E-state index is 2.22. The molecule has 164 valence electrons. The third kappa shape index (κ3) is 13.8. The molecule has 0 unspecified atom stereocenters. The van der Waals surface area contributed by atoms with Gasteiger partial charge in [-0.3, -0.25) is 0 Å². The highest BCUT2D eigenvalue weighted by molar-refractivity contribution is 5.59. The van der Waals surface area contributed by atoms with Gasteiger partial charge in [0.15, 0.2) is 0 Å². The van der Waals surface area contributed by atoms with E-state index in [-0.39, 0.29) is 7.43 Å². The summed E-state index contributed by atoms with van der Waals surface area (Å²) in [6, 6.07) is 19.0. The van der Waals surface area contributed by atoms with Crippen molar-refractivity contribution >= 4 is 6.08 Å². The zero-order chi connectivity index (χ0) is 21.8. The van der Waals surface area contributed by atoms with Crippen molar-refractivity contribution in [2.75, 3.05) is 0 Å². The molecule has 2 aromatic carbocycles. The smallest absolute Gasteiger partial charge is 0.00882 e. The zero-order valence-corrected chi connectivity index (χ0v) is 19.6. The molecule has 0 amide bonds. The van der Waals surface area contributed by atoms with Gasteiger partial charge in [-0.1, -0.05) is 147 Å². The van der Waals surface area contributed by atoms with E-state index in [0.717, 1.165) is 12.8 Å². The second kappa shape index (κ2) is 13.8. The molecular formula is C30H44. The third-order valence-corrected chi connectivity index (χ3v) is 3.99. The molecule has 0 heteroatoms. The maximum atomic E-state index is 2.22. The Morgan fingerprint density at radius 3 is 1.53 bits per heavy atom. The molecule has 2 aliphatic rings. The van der Waals surface area contributed by atoms with Crippen LogP contribution in [0.1, 0.15) is 79.0 Å². The first-order valence-corrected chi connectivity index (χ1v) is 10.7. The lowest BCUT2D eigenvalue weighted by Crippen LogP contribution is -2.10. The van der Waals surface area contributed by atoms with Gasteiger partial charge in [0.25, 0.3) is 0 Å². The highest BCUT2D eigenvalue weighted by atomic mass is 14.2. The molecule has 0 bridgehead atoms. The van der Waals surface area contributed by atoms with Crippen LogP contribution >= 0.6 is 0 Å². The number of rotatable bonds is 0. The molecule has 0 heterocycles. The molecule has 2 aliphatic carbocycles. The van der Waals surface area contributed by atoms with E-state index >= 15 is 0 Å². The molecule has 0 spiro atoms. The van der Waals surface area contributed by atoms with Crippen LogP contribution in [0.5, 0.6) is 0 Å². The Kier molecular flexibility index (Phi) is 12.7. The summed E-state index contributed by atoms with van der Waals surface area (Å²) >= 11 is 0. The molecule has 0 aliphatic heterocycles. The van der Waals surface area contributed by atoms with Crippen LogP contribution in [0.4, 0.5) is 0 Å². The fourth-order valence-corrected chi connectivity index (χ4v) is 2.53. The van der Waals surface area contributed by atoms with Crippen molar-refractivity contribution < 1.29 is 0 Å². The highest BCUT2D eigenvalue weighted by Crippen LogP contribution is 2.20. The summed E-state index contributed by atoms with van der Waals surface area (Å²) < 4.78 is 0. The largest absolute Gasteiger partial charge is 0.0808 e. The summed E-state index contributed by atoms with van der Waals surface area (Å²) in [6.07, 6.45) is 15.0. The summed E-state index contributed by atoms with van der Waals surface area (Å²) in [5.41, 5.74) is 5.03. The van der Waals surface area contributed by atoms with Crippen molar-refractivity contribution in [3.05, 3.63) is 102 Å². The van der Waals surface area contributed by atoms with Gasteiger partial charge in [0.2, 0.25) is 0 Å².